The largest absolute Gasteiger partial charge is 0.398 e. The summed E-state index contributed by atoms with van der Waals surface area (Å²) in [4.78, 5) is 33.4. The Kier molecular flexibility index (Phi) is 7.14. The molecule has 0 saturated carbocycles. The van der Waals surface area contributed by atoms with E-state index < -0.39 is 21.8 Å². The molecule has 2 aromatic carbocycles. The molecule has 0 atom stereocenters. The molecule has 7 N–H and O–H groups in total. The molecule has 2 amide bonds. The van der Waals surface area contributed by atoms with E-state index >= 15 is 0 Å². The Labute approximate surface area is 233 Å². The lowest BCUT2D eigenvalue weighted by Crippen LogP contribution is -2.36. The second kappa shape index (κ2) is 10.9. The summed E-state index contributed by atoms with van der Waals surface area (Å²) in [6.07, 6.45) is 8.04. The minimum Gasteiger partial charge on any atom is -0.398 e. The number of carbonyl (C=O) groups excluding carboxylic acids is 2. The second-order valence-electron chi connectivity index (χ2n) is 8.94. The smallest absolute Gasteiger partial charge is 0.315 e. The van der Waals surface area contributed by atoms with Crippen LogP contribution in [0.1, 0.15) is 5.56 Å². The highest BCUT2D eigenvalue weighted by Gasteiger charge is 2.18. The molecule has 206 valence electrons. The standard InChI is InChI=1S/C27H23N9O4S/c1-15-4-5-30-13-21(15)17-6-18-8-25(31-14-22(18)23(29)7-17)35-27(38)26(37)34-19(10-28)12-33-41(39,40)20-3-2-16-11-32-36-24(16)9-20/h2-14,28,33H,29H2,1H3,(H,32,36)(H,34,37)(H,31,35,38)/b19-12+,28-10?. The van der Waals surface area contributed by atoms with Gasteiger partial charge in [-0.2, -0.15) is 5.10 Å². The number of aromatic amines is 1. The van der Waals surface area contributed by atoms with E-state index in [2.05, 4.69) is 35.5 Å². The second-order valence-corrected chi connectivity index (χ2v) is 10.7. The number of benzene rings is 2. The number of amides is 2. The first kappa shape index (κ1) is 27.0. The minimum absolute atomic E-state index is 0.0660. The molecule has 0 aliphatic rings. The Balaban J connectivity index is 1.29. The monoisotopic (exact) mass is 569 g/mol. The lowest BCUT2D eigenvalue weighted by atomic mass is 9.99. The number of sulfonamides is 1. The Hall–Kier alpha value is -5.63. The number of nitrogens with one attached hydrogen (secondary N) is 5. The van der Waals surface area contributed by atoms with Gasteiger partial charge in [0.25, 0.3) is 10.0 Å². The number of nitrogen functional groups attached to an aromatic ring is 1. The quantitative estimate of drug-likeness (QED) is 0.0972. The molecule has 0 aliphatic carbocycles. The summed E-state index contributed by atoms with van der Waals surface area (Å²) < 4.78 is 27.5. The number of rotatable bonds is 7. The van der Waals surface area contributed by atoms with Gasteiger partial charge in [0.05, 0.1) is 22.3 Å². The zero-order valence-electron chi connectivity index (χ0n) is 21.5. The summed E-state index contributed by atoms with van der Waals surface area (Å²) in [6, 6.07) is 11.5. The average molecular weight is 570 g/mol. The summed E-state index contributed by atoms with van der Waals surface area (Å²) in [5, 5.41) is 20.7. The van der Waals surface area contributed by atoms with Crippen molar-refractivity contribution in [2.24, 2.45) is 0 Å². The van der Waals surface area contributed by atoms with Crippen LogP contribution in [0.25, 0.3) is 32.8 Å². The van der Waals surface area contributed by atoms with Crippen molar-refractivity contribution >= 4 is 61.2 Å². The number of allylic oxidation sites excluding steroid dienone is 1. The SMILES string of the molecule is Cc1ccncc1-c1cc(N)c2cnc(NC(=O)C(=O)N/C(C=N)=C/NS(=O)(=O)c3ccc4cn[nH]c4c3)cc2c1. The third-order valence-electron chi connectivity index (χ3n) is 6.17. The third kappa shape index (κ3) is 5.72. The average Bonchev–Trinajstić information content (AvgIpc) is 3.43. The molecule has 0 radical (unpaired) electrons. The van der Waals surface area contributed by atoms with E-state index in [0.29, 0.717) is 28.2 Å². The van der Waals surface area contributed by atoms with E-state index in [1.54, 1.807) is 30.7 Å². The van der Waals surface area contributed by atoms with Crippen LogP contribution < -0.4 is 21.1 Å². The number of nitrogens with two attached hydrogens (primary N) is 1. The number of aromatic nitrogens is 4. The number of pyridine rings is 2. The molecule has 0 spiro atoms. The number of hydrogen-bond acceptors (Lipinski definition) is 9. The molecule has 0 bridgehead atoms. The van der Waals surface area contributed by atoms with Gasteiger partial charge in [0.2, 0.25) is 0 Å². The third-order valence-corrected chi connectivity index (χ3v) is 7.48. The number of H-pyrrole nitrogens is 1. The number of carbonyl (C=O) groups is 2. The highest BCUT2D eigenvalue weighted by atomic mass is 32.2. The minimum atomic E-state index is -4.04. The molecule has 5 rings (SSSR count). The summed E-state index contributed by atoms with van der Waals surface area (Å²) in [5.41, 5.74) is 9.70. The van der Waals surface area contributed by atoms with Crippen molar-refractivity contribution in [1.29, 1.82) is 5.41 Å². The van der Waals surface area contributed by atoms with Gasteiger partial charge in [-0.1, -0.05) is 0 Å². The van der Waals surface area contributed by atoms with Crippen LogP contribution in [0.4, 0.5) is 11.5 Å². The van der Waals surface area contributed by atoms with Crippen LogP contribution in [-0.2, 0) is 19.6 Å². The summed E-state index contributed by atoms with van der Waals surface area (Å²) >= 11 is 0. The molecule has 41 heavy (non-hydrogen) atoms. The maximum Gasteiger partial charge on any atom is 0.315 e. The van der Waals surface area contributed by atoms with Crippen LogP contribution >= 0.6 is 0 Å². The predicted octanol–water partition coefficient (Wildman–Crippen LogP) is 2.59. The number of fused-ring (bicyclic) bond motifs is 2. The van der Waals surface area contributed by atoms with Gasteiger partial charge in [-0.05, 0) is 65.9 Å². The number of anilines is 2. The van der Waals surface area contributed by atoms with E-state index in [1.807, 2.05) is 25.1 Å². The zero-order chi connectivity index (χ0) is 29.1. The predicted molar refractivity (Wildman–Crippen MR) is 154 cm³/mol. The maximum absolute atomic E-state index is 12.7. The van der Waals surface area contributed by atoms with Crippen LogP contribution in [0.5, 0.6) is 0 Å². The van der Waals surface area contributed by atoms with Crippen LogP contribution in [-0.4, -0.2) is 46.6 Å². The maximum atomic E-state index is 12.7. The van der Waals surface area contributed by atoms with Crippen molar-refractivity contribution in [3.05, 3.63) is 84.7 Å². The number of hydrogen-bond donors (Lipinski definition) is 6. The summed E-state index contributed by atoms with van der Waals surface area (Å²) in [7, 11) is -4.04. The first-order valence-electron chi connectivity index (χ1n) is 12.0. The Morgan fingerprint density at radius 3 is 2.63 bits per heavy atom. The van der Waals surface area contributed by atoms with E-state index in [4.69, 9.17) is 11.1 Å². The highest BCUT2D eigenvalue weighted by molar-refractivity contribution is 7.89. The fourth-order valence-corrected chi connectivity index (χ4v) is 4.98. The van der Waals surface area contributed by atoms with Crippen LogP contribution in [0.3, 0.4) is 0 Å². The number of aryl methyl sites for hydroxylation is 1. The van der Waals surface area contributed by atoms with Gasteiger partial charge in [-0.15, -0.1) is 0 Å². The van der Waals surface area contributed by atoms with Gasteiger partial charge in [-0.25, -0.2) is 13.4 Å². The molecule has 5 aromatic rings. The Morgan fingerprint density at radius 1 is 1.02 bits per heavy atom. The molecule has 3 aromatic heterocycles. The van der Waals surface area contributed by atoms with E-state index in [1.165, 1.54) is 18.3 Å². The fraction of sp³-hybridized carbons (Fsp3) is 0.0370. The lowest BCUT2D eigenvalue weighted by molar-refractivity contribution is -0.135. The molecule has 14 heteroatoms. The first-order chi connectivity index (χ1) is 19.6. The van der Waals surface area contributed by atoms with Crippen molar-refractivity contribution in [1.82, 2.24) is 30.2 Å². The molecular weight excluding hydrogens is 546 g/mol. The normalized spacial score (nSPS) is 11.8. The lowest BCUT2D eigenvalue weighted by Gasteiger charge is -2.11. The molecule has 0 saturated heterocycles. The van der Waals surface area contributed by atoms with Crippen molar-refractivity contribution in [2.45, 2.75) is 11.8 Å². The van der Waals surface area contributed by atoms with Gasteiger partial charge in [0.1, 0.15) is 5.82 Å². The fourth-order valence-electron chi connectivity index (χ4n) is 4.04. The van der Waals surface area contributed by atoms with Crippen LogP contribution in [0.15, 0.2) is 84.0 Å². The van der Waals surface area contributed by atoms with E-state index in [0.717, 1.165) is 28.3 Å². The van der Waals surface area contributed by atoms with Gasteiger partial charge in [-0.3, -0.25) is 24.4 Å². The molecule has 0 fully saturated rings. The Bertz CT molecular complexity index is 1980. The highest BCUT2D eigenvalue weighted by Crippen LogP contribution is 2.31. The summed E-state index contributed by atoms with van der Waals surface area (Å²) in [5.74, 6) is -2.13. The number of nitrogens with zero attached hydrogens (tertiary/aromatic N) is 3. The van der Waals surface area contributed by atoms with Crippen LogP contribution in [0.2, 0.25) is 0 Å². The molecule has 0 unspecified atom stereocenters. The van der Waals surface area contributed by atoms with Crippen molar-refractivity contribution in [3.8, 4) is 11.1 Å². The van der Waals surface area contributed by atoms with E-state index in [-0.39, 0.29) is 16.4 Å². The van der Waals surface area contributed by atoms with Gasteiger partial charge in [0.15, 0.2) is 0 Å². The van der Waals surface area contributed by atoms with Gasteiger partial charge in [0, 0.05) is 53.0 Å². The first-order valence-corrected chi connectivity index (χ1v) is 13.5. The zero-order valence-corrected chi connectivity index (χ0v) is 22.3. The molecule has 13 nitrogen and oxygen atoms in total. The van der Waals surface area contributed by atoms with Crippen molar-refractivity contribution < 1.29 is 18.0 Å². The molecule has 3 heterocycles. The molecular formula is C27H23N9O4S. The van der Waals surface area contributed by atoms with Crippen molar-refractivity contribution in [3.63, 3.8) is 0 Å². The Morgan fingerprint density at radius 2 is 1.85 bits per heavy atom. The van der Waals surface area contributed by atoms with Crippen LogP contribution in [0, 0.1) is 12.3 Å². The van der Waals surface area contributed by atoms with Gasteiger partial charge < -0.3 is 21.8 Å². The topological polar surface area (TPSA) is 209 Å². The molecule has 0 aliphatic heterocycles. The van der Waals surface area contributed by atoms with Gasteiger partial charge >= 0.3 is 11.8 Å². The summed E-state index contributed by atoms with van der Waals surface area (Å²) in [6.45, 7) is 1.95. The van der Waals surface area contributed by atoms with Crippen molar-refractivity contribution in [2.75, 3.05) is 11.1 Å². The van der Waals surface area contributed by atoms with E-state index in [9.17, 15) is 18.0 Å².